The van der Waals surface area contributed by atoms with Crippen LogP contribution in [0.2, 0.25) is 0 Å². The van der Waals surface area contributed by atoms with Crippen molar-refractivity contribution >= 4 is 5.91 Å². The molecule has 0 saturated carbocycles. The lowest BCUT2D eigenvalue weighted by molar-refractivity contribution is -0.115. The minimum absolute atomic E-state index is 0.381. The van der Waals surface area contributed by atoms with E-state index in [-0.39, 0.29) is 5.91 Å². The Kier molecular flexibility index (Phi) is 8.40. The van der Waals surface area contributed by atoms with Gasteiger partial charge in [-0.2, -0.15) is 6.42 Å². The molecule has 1 amide bonds. The molecule has 2 heteroatoms. The normalized spacial score (nSPS) is 5.12. The summed E-state index contributed by atoms with van der Waals surface area (Å²) in [6.07, 6.45) is 1.69. The Bertz CT molecular complexity index is 543. The zero-order chi connectivity index (χ0) is 12.1. The van der Waals surface area contributed by atoms with E-state index < -0.39 is 0 Å². The smallest absolute Gasteiger partial charge is 0.296 e. The number of amides is 1. The summed E-state index contributed by atoms with van der Waals surface area (Å²) in [5, 5.41) is 2.34. The van der Waals surface area contributed by atoms with Crippen molar-refractivity contribution in [2.45, 2.75) is 6.92 Å². The van der Waals surface area contributed by atoms with Crippen LogP contribution in [0.25, 0.3) is 0 Å². The fraction of sp³-hybridized carbons (Fsp3) is 0.143. The average molecular weight is 206 g/mol. The number of nitrogens with one attached hydrogen (secondary N) is 1. The van der Waals surface area contributed by atoms with Crippen molar-refractivity contribution in [3.05, 3.63) is 6.42 Å². The topological polar surface area (TPSA) is 29.1 Å². The van der Waals surface area contributed by atoms with Crippen LogP contribution in [0, 0.1) is 65.6 Å². The van der Waals surface area contributed by atoms with Crippen molar-refractivity contribution in [1.82, 2.24) is 5.32 Å². The molecule has 16 heavy (non-hydrogen) atoms. The molecule has 2 nitrogen and oxygen atoms in total. The molecule has 0 aliphatic carbocycles. The third-order valence-electron chi connectivity index (χ3n) is 1.06. The van der Waals surface area contributed by atoms with Crippen LogP contribution in [0.3, 0.4) is 0 Å². The van der Waals surface area contributed by atoms with E-state index in [1.165, 1.54) is 7.05 Å². The highest BCUT2D eigenvalue weighted by Gasteiger charge is 1.82. The van der Waals surface area contributed by atoms with Gasteiger partial charge in [0.15, 0.2) is 0 Å². The zero-order valence-electron chi connectivity index (χ0n) is 8.99. The van der Waals surface area contributed by atoms with E-state index in [4.69, 9.17) is 0 Å². The summed E-state index contributed by atoms with van der Waals surface area (Å²) in [5.74, 6) is 24.2. The average Bonchev–Trinajstić information content (AvgIpc) is 2.31. The second-order valence-electron chi connectivity index (χ2n) is 2.14. The van der Waals surface area contributed by atoms with Gasteiger partial charge < -0.3 is 5.32 Å². The molecule has 0 aliphatic rings. The third kappa shape index (κ3) is 9.23. The van der Waals surface area contributed by atoms with Crippen LogP contribution in [0.5, 0.6) is 0 Å². The first-order chi connectivity index (χ1) is 7.81. The summed E-state index contributed by atoms with van der Waals surface area (Å²) in [6.45, 7) is 1.82. The molecule has 1 N–H and O–H groups in total. The Labute approximate surface area is 96.2 Å². The maximum absolute atomic E-state index is 10.6. The van der Waals surface area contributed by atoms with Crippen LogP contribution < -0.4 is 5.32 Å². The van der Waals surface area contributed by atoms with Gasteiger partial charge in [-0.25, -0.2) is 5.92 Å². The van der Waals surface area contributed by atoms with Crippen LogP contribution in [0.4, 0.5) is 0 Å². The van der Waals surface area contributed by atoms with E-state index in [9.17, 15) is 4.79 Å². The van der Waals surface area contributed by atoms with Crippen LogP contribution in [0.15, 0.2) is 0 Å². The second kappa shape index (κ2) is 10.2. The number of carbonyl (C=O) groups excluding carboxylic acids is 1. The summed E-state index contributed by atoms with van der Waals surface area (Å²) in [6, 6.07) is 0. The van der Waals surface area contributed by atoms with Crippen molar-refractivity contribution in [2.75, 3.05) is 7.05 Å². The quantitative estimate of drug-likeness (QED) is 0.438. The minimum atomic E-state index is -0.381. The molecule has 0 atom stereocenters. The Hall–Kier alpha value is -2.86. The SMILES string of the molecule is C[CH-]C#CC#CC#CC#CC#CC(=O)NC. The molecule has 0 saturated heterocycles. The lowest BCUT2D eigenvalue weighted by Gasteiger charge is -1.80. The maximum Gasteiger partial charge on any atom is 0.296 e. The largest absolute Gasteiger partial charge is 0.348 e. The molecule has 0 heterocycles. The second-order valence-corrected chi connectivity index (χ2v) is 2.14. The summed E-state index contributed by atoms with van der Waals surface area (Å²) in [7, 11) is 1.49. The lowest BCUT2D eigenvalue weighted by Crippen LogP contribution is -2.14. The van der Waals surface area contributed by atoms with Crippen molar-refractivity contribution in [3.63, 3.8) is 0 Å². The first-order valence-electron chi connectivity index (χ1n) is 4.32. The van der Waals surface area contributed by atoms with Crippen LogP contribution >= 0.6 is 0 Å². The number of hydrogen-bond donors (Lipinski definition) is 1. The van der Waals surface area contributed by atoms with Gasteiger partial charge in [-0.15, -0.1) is 12.8 Å². The van der Waals surface area contributed by atoms with E-state index >= 15 is 0 Å². The van der Waals surface area contributed by atoms with Crippen molar-refractivity contribution in [2.24, 2.45) is 0 Å². The van der Waals surface area contributed by atoms with Gasteiger partial charge in [0.25, 0.3) is 5.91 Å². The number of hydrogen-bond acceptors (Lipinski definition) is 1. The lowest BCUT2D eigenvalue weighted by atomic mass is 10.4. The molecule has 0 aromatic carbocycles. The molecular weight excluding hydrogens is 198 g/mol. The molecule has 0 fully saturated rings. The van der Waals surface area contributed by atoms with Gasteiger partial charge in [-0.3, -0.25) is 10.7 Å². The predicted octanol–water partition coefficient (Wildman–Crippen LogP) is -0.0264. The van der Waals surface area contributed by atoms with Gasteiger partial charge in [0, 0.05) is 13.0 Å². The van der Waals surface area contributed by atoms with E-state index in [1.54, 1.807) is 6.42 Å². The van der Waals surface area contributed by atoms with Crippen molar-refractivity contribution in [1.29, 1.82) is 0 Å². The highest BCUT2D eigenvalue weighted by Crippen LogP contribution is 1.62. The minimum Gasteiger partial charge on any atom is -0.348 e. The molecule has 76 valence electrons. The fourth-order valence-electron chi connectivity index (χ4n) is 0.446. The monoisotopic (exact) mass is 206 g/mol. The molecule has 0 unspecified atom stereocenters. The van der Waals surface area contributed by atoms with Gasteiger partial charge >= 0.3 is 0 Å². The zero-order valence-corrected chi connectivity index (χ0v) is 8.99. The summed E-state index contributed by atoms with van der Waals surface area (Å²) in [5.41, 5.74) is 0. The molecule has 0 rings (SSSR count). The molecule has 0 spiro atoms. The van der Waals surface area contributed by atoms with Crippen LogP contribution in [0.1, 0.15) is 6.92 Å². The van der Waals surface area contributed by atoms with Crippen LogP contribution in [-0.2, 0) is 4.79 Å². The molecule has 0 aromatic rings. The first kappa shape index (κ1) is 13.1. The number of rotatable bonds is 0. The maximum atomic E-state index is 10.6. The summed E-state index contributed by atoms with van der Waals surface area (Å²) in [4.78, 5) is 10.6. The highest BCUT2D eigenvalue weighted by atomic mass is 16.1. The molecular formula is C14H8NO-. The van der Waals surface area contributed by atoms with Crippen molar-refractivity contribution < 1.29 is 4.79 Å². The Balaban J connectivity index is 4.18. The number of carbonyl (C=O) groups is 1. The van der Waals surface area contributed by atoms with Crippen molar-refractivity contribution in [3.8, 4) is 59.2 Å². The van der Waals surface area contributed by atoms with Gasteiger partial charge in [0.05, 0.1) is 0 Å². The van der Waals surface area contributed by atoms with E-state index in [2.05, 4.69) is 64.5 Å². The predicted molar refractivity (Wildman–Crippen MR) is 62.9 cm³/mol. The van der Waals surface area contributed by atoms with Gasteiger partial charge in [0.1, 0.15) is 0 Å². The van der Waals surface area contributed by atoms with Gasteiger partial charge in [-0.05, 0) is 35.5 Å². The van der Waals surface area contributed by atoms with Gasteiger partial charge in [0.2, 0.25) is 0 Å². The Morgan fingerprint density at radius 1 is 0.938 bits per heavy atom. The van der Waals surface area contributed by atoms with E-state index in [0.717, 1.165) is 0 Å². The standard InChI is InChI=1S/C14H8NO/c1-3-4-5-6-7-8-9-10-11-12-13-14(16)15-2/h3H,1-2H3,(H,15,16)/q-1. The highest BCUT2D eigenvalue weighted by molar-refractivity contribution is 5.93. The summed E-state index contributed by atoms with van der Waals surface area (Å²) >= 11 is 0. The molecule has 0 aromatic heterocycles. The van der Waals surface area contributed by atoms with E-state index in [1.807, 2.05) is 6.92 Å². The first-order valence-corrected chi connectivity index (χ1v) is 4.32. The molecule has 0 aliphatic heterocycles. The summed E-state index contributed by atoms with van der Waals surface area (Å²) < 4.78 is 0. The molecule has 0 radical (unpaired) electrons. The van der Waals surface area contributed by atoms with E-state index in [0.29, 0.717) is 0 Å². The fourth-order valence-corrected chi connectivity index (χ4v) is 0.446. The Morgan fingerprint density at radius 3 is 1.94 bits per heavy atom. The van der Waals surface area contributed by atoms with Crippen LogP contribution in [-0.4, -0.2) is 13.0 Å². The van der Waals surface area contributed by atoms with Gasteiger partial charge in [-0.1, -0.05) is 0 Å². The Morgan fingerprint density at radius 2 is 1.44 bits per heavy atom. The third-order valence-corrected chi connectivity index (χ3v) is 1.06. The molecule has 0 bridgehead atoms.